The Morgan fingerprint density at radius 1 is 0.795 bits per heavy atom. The quantitative estimate of drug-likeness (QED) is 0.244. The topological polar surface area (TPSA) is 73.2 Å². The molecule has 6 nitrogen and oxygen atoms in total. The number of ether oxygens (including phenoxy) is 1. The summed E-state index contributed by atoms with van der Waals surface area (Å²) in [4.78, 5) is 24.7. The molecule has 39 heavy (non-hydrogen) atoms. The van der Waals surface area contributed by atoms with Gasteiger partial charge in [0.1, 0.15) is 17.3 Å². The Kier molecular flexibility index (Phi) is 7.27. The predicted molar refractivity (Wildman–Crippen MR) is 144 cm³/mol. The van der Waals surface area contributed by atoms with E-state index in [9.17, 15) is 18.4 Å². The molecule has 1 heterocycles. The van der Waals surface area contributed by atoms with E-state index in [-0.39, 0.29) is 18.2 Å². The molecule has 1 amide bonds. The zero-order valence-corrected chi connectivity index (χ0v) is 20.9. The lowest BCUT2D eigenvalue weighted by Crippen LogP contribution is -2.14. The van der Waals surface area contributed by atoms with Gasteiger partial charge in [0, 0.05) is 18.2 Å². The Hall–Kier alpha value is -5.11. The number of carbonyl (C=O) groups excluding carboxylic acids is 2. The lowest BCUT2D eigenvalue weighted by atomic mass is 10.0. The van der Waals surface area contributed by atoms with Crippen molar-refractivity contribution in [2.24, 2.45) is 0 Å². The van der Waals surface area contributed by atoms with Crippen LogP contribution in [-0.2, 0) is 16.0 Å². The zero-order chi connectivity index (χ0) is 27.4. The fourth-order valence-electron chi connectivity index (χ4n) is 4.17. The van der Waals surface area contributed by atoms with Gasteiger partial charge in [0.05, 0.1) is 17.7 Å². The first-order chi connectivity index (χ1) is 18.9. The van der Waals surface area contributed by atoms with Crippen LogP contribution in [0.3, 0.4) is 0 Å². The molecule has 0 aliphatic heterocycles. The number of nitrogens with one attached hydrogen (secondary N) is 1. The highest BCUT2D eigenvalue weighted by Gasteiger charge is 2.24. The van der Waals surface area contributed by atoms with Gasteiger partial charge in [-0.15, -0.1) is 0 Å². The number of esters is 1. The van der Waals surface area contributed by atoms with Crippen LogP contribution in [-0.4, -0.2) is 21.7 Å². The third-order valence-electron chi connectivity index (χ3n) is 5.94. The predicted octanol–water partition coefficient (Wildman–Crippen LogP) is 6.59. The van der Waals surface area contributed by atoms with Crippen LogP contribution in [0.25, 0.3) is 28.1 Å². The molecule has 0 unspecified atom stereocenters. The van der Waals surface area contributed by atoms with E-state index >= 15 is 0 Å². The fourth-order valence-corrected chi connectivity index (χ4v) is 4.17. The number of halogens is 2. The summed E-state index contributed by atoms with van der Waals surface area (Å²) in [5, 5.41) is 7.56. The van der Waals surface area contributed by atoms with Crippen LogP contribution >= 0.6 is 0 Å². The number of aromatic nitrogens is 2. The maximum Gasteiger partial charge on any atom is 0.309 e. The van der Waals surface area contributed by atoms with E-state index in [1.807, 2.05) is 30.3 Å². The average molecular weight is 524 g/mol. The summed E-state index contributed by atoms with van der Waals surface area (Å²) in [6.07, 6.45) is 0.234. The van der Waals surface area contributed by atoms with Crippen molar-refractivity contribution in [1.29, 1.82) is 0 Å². The Morgan fingerprint density at radius 2 is 1.38 bits per heavy atom. The Bertz CT molecular complexity index is 1610. The number of anilines is 1. The highest BCUT2D eigenvalue weighted by atomic mass is 19.1. The molecule has 0 spiro atoms. The van der Waals surface area contributed by atoms with Crippen LogP contribution in [0.1, 0.15) is 12.5 Å². The van der Waals surface area contributed by atoms with Gasteiger partial charge in [-0.3, -0.25) is 9.59 Å². The summed E-state index contributed by atoms with van der Waals surface area (Å²) in [5.74, 6) is -1.45. The lowest BCUT2D eigenvalue weighted by molar-refractivity contribution is -0.132. The summed E-state index contributed by atoms with van der Waals surface area (Å²) in [6, 6.07) is 27.8. The normalized spacial score (nSPS) is 10.7. The van der Waals surface area contributed by atoms with E-state index in [2.05, 4.69) is 10.4 Å². The SMILES string of the molecule is CC(=O)Oc1c(-c2ccc(NC(=O)Cc3ccccc3)cc2)c(-c2ccc(F)cc2)nn1-c1ccc(F)cc1. The van der Waals surface area contributed by atoms with E-state index in [0.29, 0.717) is 33.8 Å². The Balaban J connectivity index is 1.56. The van der Waals surface area contributed by atoms with Crippen molar-refractivity contribution < 1.29 is 23.1 Å². The van der Waals surface area contributed by atoms with Gasteiger partial charge in [0.25, 0.3) is 0 Å². The minimum absolute atomic E-state index is 0.120. The summed E-state index contributed by atoms with van der Waals surface area (Å²) >= 11 is 0. The number of amides is 1. The molecular formula is C31H23F2N3O3. The molecule has 1 N–H and O–H groups in total. The van der Waals surface area contributed by atoms with Crippen molar-refractivity contribution >= 4 is 17.6 Å². The zero-order valence-electron chi connectivity index (χ0n) is 20.9. The van der Waals surface area contributed by atoms with Gasteiger partial charge in [0.2, 0.25) is 11.8 Å². The molecule has 1 aromatic heterocycles. The number of carbonyl (C=O) groups is 2. The molecule has 4 aromatic carbocycles. The Labute approximate surface area is 223 Å². The molecular weight excluding hydrogens is 500 g/mol. The molecule has 0 fully saturated rings. The average Bonchev–Trinajstić information content (AvgIpc) is 3.29. The van der Waals surface area contributed by atoms with Gasteiger partial charge in [0.15, 0.2) is 0 Å². The van der Waals surface area contributed by atoms with Gasteiger partial charge < -0.3 is 10.1 Å². The highest BCUT2D eigenvalue weighted by molar-refractivity contribution is 5.93. The minimum Gasteiger partial charge on any atom is -0.407 e. The van der Waals surface area contributed by atoms with Gasteiger partial charge >= 0.3 is 5.97 Å². The molecule has 0 aliphatic rings. The van der Waals surface area contributed by atoms with Crippen LogP contribution in [0.15, 0.2) is 103 Å². The van der Waals surface area contributed by atoms with E-state index in [1.54, 1.807) is 36.4 Å². The van der Waals surface area contributed by atoms with Gasteiger partial charge in [-0.2, -0.15) is 9.78 Å². The molecule has 0 saturated carbocycles. The molecule has 0 aliphatic carbocycles. The summed E-state index contributed by atoms with van der Waals surface area (Å²) in [6.45, 7) is 1.27. The number of nitrogens with zero attached hydrogens (tertiary/aromatic N) is 2. The van der Waals surface area contributed by atoms with Gasteiger partial charge in [-0.1, -0.05) is 42.5 Å². The third kappa shape index (κ3) is 5.91. The molecule has 5 rings (SSSR count). The molecule has 0 atom stereocenters. The largest absolute Gasteiger partial charge is 0.407 e. The first-order valence-corrected chi connectivity index (χ1v) is 12.1. The molecule has 5 aromatic rings. The van der Waals surface area contributed by atoms with E-state index in [1.165, 1.54) is 48.0 Å². The van der Waals surface area contributed by atoms with Crippen molar-refractivity contribution in [3.05, 3.63) is 120 Å². The second-order valence-corrected chi connectivity index (χ2v) is 8.81. The van der Waals surface area contributed by atoms with E-state index < -0.39 is 17.6 Å². The lowest BCUT2D eigenvalue weighted by Gasteiger charge is -2.11. The Morgan fingerprint density at radius 3 is 2.00 bits per heavy atom. The van der Waals surface area contributed by atoms with Gasteiger partial charge in [-0.05, 0) is 71.8 Å². The molecule has 8 heteroatoms. The third-order valence-corrected chi connectivity index (χ3v) is 5.94. The van der Waals surface area contributed by atoms with E-state index in [4.69, 9.17) is 4.74 Å². The van der Waals surface area contributed by atoms with Gasteiger partial charge in [-0.25, -0.2) is 8.78 Å². The van der Waals surface area contributed by atoms with Crippen molar-refractivity contribution in [1.82, 2.24) is 9.78 Å². The van der Waals surface area contributed by atoms with Crippen LogP contribution in [0.4, 0.5) is 14.5 Å². The molecule has 0 saturated heterocycles. The second-order valence-electron chi connectivity index (χ2n) is 8.81. The highest BCUT2D eigenvalue weighted by Crippen LogP contribution is 2.41. The van der Waals surface area contributed by atoms with Crippen molar-refractivity contribution in [2.45, 2.75) is 13.3 Å². The maximum atomic E-state index is 13.7. The first kappa shape index (κ1) is 25.5. The molecule has 0 bridgehead atoms. The fraction of sp³-hybridized carbons (Fsp3) is 0.0645. The standard InChI is InChI=1S/C31H23F2N3O3/c1-20(37)39-31-29(22-9-15-26(16-10-22)34-28(38)19-21-5-3-2-4-6-21)30(23-7-11-24(32)12-8-23)35-36(31)27-17-13-25(33)14-18-27/h2-18H,19H2,1H3,(H,34,38). The van der Waals surface area contributed by atoms with Crippen LogP contribution in [0.2, 0.25) is 0 Å². The van der Waals surface area contributed by atoms with E-state index in [0.717, 1.165) is 5.56 Å². The molecule has 194 valence electrons. The minimum atomic E-state index is -0.574. The summed E-state index contributed by atoms with van der Waals surface area (Å²) in [7, 11) is 0. The van der Waals surface area contributed by atoms with Crippen LogP contribution in [0, 0.1) is 11.6 Å². The maximum absolute atomic E-state index is 13.7. The van der Waals surface area contributed by atoms with Crippen LogP contribution in [0.5, 0.6) is 5.88 Å². The monoisotopic (exact) mass is 523 g/mol. The van der Waals surface area contributed by atoms with Crippen molar-refractivity contribution in [2.75, 3.05) is 5.32 Å². The number of hydrogen-bond donors (Lipinski definition) is 1. The number of benzene rings is 4. The smallest absolute Gasteiger partial charge is 0.309 e. The summed E-state index contributed by atoms with van der Waals surface area (Å²) < 4.78 is 34.4. The number of hydrogen-bond acceptors (Lipinski definition) is 4. The number of rotatable bonds is 7. The summed E-state index contributed by atoms with van der Waals surface area (Å²) in [5.41, 5.74) is 4.07. The first-order valence-electron chi connectivity index (χ1n) is 12.1. The molecule has 0 radical (unpaired) electrons. The van der Waals surface area contributed by atoms with Crippen molar-refractivity contribution in [3.63, 3.8) is 0 Å². The second kappa shape index (κ2) is 11.1. The van der Waals surface area contributed by atoms with Crippen LogP contribution < -0.4 is 10.1 Å². The van der Waals surface area contributed by atoms with Crippen molar-refractivity contribution in [3.8, 4) is 34.0 Å².